The number of hydrogen-bond donors (Lipinski definition) is 0. The van der Waals surface area contributed by atoms with Gasteiger partial charge in [0.15, 0.2) is 5.13 Å². The normalized spacial score (nSPS) is 17.4. The van der Waals surface area contributed by atoms with Gasteiger partial charge >= 0.3 is 0 Å². The summed E-state index contributed by atoms with van der Waals surface area (Å²) in [6.45, 7) is 5.50. The van der Waals surface area contributed by atoms with Crippen LogP contribution >= 0.6 is 11.3 Å². The fraction of sp³-hybridized carbons (Fsp3) is 0.545. The van der Waals surface area contributed by atoms with E-state index in [2.05, 4.69) is 47.0 Å². The zero-order valence-electron chi connectivity index (χ0n) is 18.5. The van der Waals surface area contributed by atoms with Gasteiger partial charge in [-0.25, -0.2) is 4.98 Å². The van der Waals surface area contributed by atoms with Crippen molar-refractivity contribution in [2.75, 3.05) is 64.2 Å². The Labute approximate surface area is 182 Å². The highest BCUT2D eigenvalue weighted by atomic mass is 32.1. The van der Waals surface area contributed by atoms with Crippen LogP contribution in [-0.2, 0) is 0 Å². The molecule has 4 rings (SSSR count). The lowest BCUT2D eigenvalue weighted by molar-refractivity contribution is 0.0831. The van der Waals surface area contributed by atoms with Gasteiger partial charge in [0.05, 0.1) is 17.9 Å². The number of carbonyl (C=O) groups excluding carboxylic acids is 1. The molecule has 2 aliphatic rings. The smallest absolute Gasteiger partial charge is 0.265 e. The van der Waals surface area contributed by atoms with Crippen LogP contribution in [-0.4, -0.2) is 81.2 Å². The van der Waals surface area contributed by atoms with Gasteiger partial charge in [0.25, 0.3) is 5.91 Å². The van der Waals surface area contributed by atoms with Crippen molar-refractivity contribution in [2.45, 2.75) is 25.8 Å². The third-order valence-corrected chi connectivity index (χ3v) is 7.23. The van der Waals surface area contributed by atoms with E-state index in [0.717, 1.165) is 41.9 Å². The minimum absolute atomic E-state index is 0.000155. The van der Waals surface area contributed by atoms with E-state index in [4.69, 9.17) is 9.72 Å². The number of piperidine rings is 1. The molecule has 0 aliphatic carbocycles. The number of thiazole rings is 1. The number of nitrogens with zero attached hydrogens (tertiary/aromatic N) is 5. The summed E-state index contributed by atoms with van der Waals surface area (Å²) < 4.78 is 6.02. The highest BCUT2D eigenvalue weighted by molar-refractivity contribution is 7.17. The zero-order chi connectivity index (χ0) is 21.4. The van der Waals surface area contributed by atoms with Crippen LogP contribution in [0.5, 0.6) is 5.75 Å². The predicted octanol–water partition coefficient (Wildman–Crippen LogP) is 3.21. The molecule has 3 heterocycles. The van der Waals surface area contributed by atoms with Crippen LogP contribution < -0.4 is 14.5 Å². The maximum absolute atomic E-state index is 12.4. The lowest BCUT2D eigenvalue weighted by atomic mass is 10.0. The minimum Gasteiger partial charge on any atom is -0.489 e. The van der Waals surface area contributed by atoms with Crippen LogP contribution in [0.15, 0.2) is 18.2 Å². The van der Waals surface area contributed by atoms with E-state index in [0.29, 0.717) is 17.5 Å². The fourth-order valence-electron chi connectivity index (χ4n) is 4.12. The number of anilines is 3. The quantitative estimate of drug-likeness (QED) is 0.744. The summed E-state index contributed by atoms with van der Waals surface area (Å²) in [5, 5.41) is 0.846. The molecule has 0 atom stereocenters. The van der Waals surface area contributed by atoms with Crippen molar-refractivity contribution < 1.29 is 9.53 Å². The second-order valence-corrected chi connectivity index (χ2v) is 9.39. The van der Waals surface area contributed by atoms with E-state index in [1.807, 2.05) is 6.92 Å². The highest BCUT2D eigenvalue weighted by Gasteiger charge is 2.27. The molecule has 2 aliphatic heterocycles. The van der Waals surface area contributed by atoms with Gasteiger partial charge in [-0.3, -0.25) is 4.79 Å². The first kappa shape index (κ1) is 20.9. The average molecular weight is 430 g/mol. The Hall–Kier alpha value is -2.32. The molecule has 0 N–H and O–H groups in total. The van der Waals surface area contributed by atoms with Crippen molar-refractivity contribution in [3.05, 3.63) is 28.8 Å². The van der Waals surface area contributed by atoms with Gasteiger partial charge < -0.3 is 24.3 Å². The van der Waals surface area contributed by atoms with Gasteiger partial charge in [0.1, 0.15) is 17.2 Å². The average Bonchev–Trinajstić information content (AvgIpc) is 3.13. The Bertz CT molecular complexity index is 920. The van der Waals surface area contributed by atoms with Crippen LogP contribution in [0.4, 0.5) is 16.5 Å². The second-order valence-electron chi connectivity index (χ2n) is 8.41. The standard InChI is InChI=1S/C22H31N5O2S/c1-15-20(21(28)24(2)3)30-22(23-15)27-12-13-29-19-14-17(6-7-18(19)27)26(5)16-8-10-25(4)11-9-16/h6-7,14,16H,8-13H2,1-5H3. The summed E-state index contributed by atoms with van der Waals surface area (Å²) in [7, 11) is 7.91. The summed E-state index contributed by atoms with van der Waals surface area (Å²) in [5.74, 6) is 0.881. The molecule has 0 radical (unpaired) electrons. The summed E-state index contributed by atoms with van der Waals surface area (Å²) in [6, 6.07) is 7.00. The molecule has 7 nitrogen and oxygen atoms in total. The Balaban J connectivity index is 1.58. The van der Waals surface area contributed by atoms with E-state index in [1.54, 1.807) is 19.0 Å². The van der Waals surface area contributed by atoms with Crippen molar-refractivity contribution in [1.29, 1.82) is 0 Å². The number of rotatable bonds is 4. The lowest BCUT2D eigenvalue weighted by Crippen LogP contribution is -2.42. The van der Waals surface area contributed by atoms with Gasteiger partial charge in [-0.15, -0.1) is 0 Å². The third kappa shape index (κ3) is 3.98. The van der Waals surface area contributed by atoms with Crippen LogP contribution in [0.3, 0.4) is 0 Å². The number of benzene rings is 1. The number of likely N-dealkylation sites (tertiary alicyclic amines) is 1. The van der Waals surface area contributed by atoms with Gasteiger partial charge in [-0.2, -0.15) is 0 Å². The largest absolute Gasteiger partial charge is 0.489 e. The molecule has 0 bridgehead atoms. The van der Waals surface area contributed by atoms with Crippen molar-refractivity contribution in [3.8, 4) is 5.75 Å². The van der Waals surface area contributed by atoms with Gasteiger partial charge in [-0.05, 0) is 52.0 Å². The minimum atomic E-state index is -0.000155. The topological polar surface area (TPSA) is 52.2 Å². The number of carbonyl (C=O) groups is 1. The van der Waals surface area contributed by atoms with Crippen LogP contribution in [0.2, 0.25) is 0 Å². The Morgan fingerprint density at radius 3 is 2.63 bits per heavy atom. The molecule has 0 unspecified atom stereocenters. The van der Waals surface area contributed by atoms with Gasteiger partial charge in [0, 0.05) is 38.9 Å². The van der Waals surface area contributed by atoms with E-state index >= 15 is 0 Å². The van der Waals surface area contributed by atoms with Crippen molar-refractivity contribution >= 4 is 33.8 Å². The SMILES string of the molecule is Cc1nc(N2CCOc3cc(N(C)C4CCN(C)CC4)ccc32)sc1C(=O)N(C)C. The zero-order valence-corrected chi connectivity index (χ0v) is 19.3. The molecule has 1 aromatic heterocycles. The fourth-order valence-corrected chi connectivity index (χ4v) is 5.25. The first-order valence-electron chi connectivity index (χ1n) is 10.5. The number of amides is 1. The lowest BCUT2D eigenvalue weighted by Gasteiger charge is -2.37. The van der Waals surface area contributed by atoms with Crippen molar-refractivity contribution in [3.63, 3.8) is 0 Å². The Morgan fingerprint density at radius 2 is 1.93 bits per heavy atom. The molecule has 2 aromatic rings. The summed E-state index contributed by atoms with van der Waals surface area (Å²) >= 11 is 1.45. The molecule has 1 aromatic carbocycles. The third-order valence-electron chi connectivity index (χ3n) is 6.07. The molecular weight excluding hydrogens is 398 g/mol. The highest BCUT2D eigenvalue weighted by Crippen LogP contribution is 2.41. The van der Waals surface area contributed by atoms with E-state index in [-0.39, 0.29) is 5.91 Å². The van der Waals surface area contributed by atoms with Crippen LogP contribution in [0, 0.1) is 6.92 Å². The monoisotopic (exact) mass is 429 g/mol. The van der Waals surface area contributed by atoms with Crippen molar-refractivity contribution in [2.24, 2.45) is 0 Å². The number of aromatic nitrogens is 1. The van der Waals surface area contributed by atoms with E-state index < -0.39 is 0 Å². The van der Waals surface area contributed by atoms with Gasteiger partial charge in [0.2, 0.25) is 0 Å². The molecule has 1 amide bonds. The Kier molecular flexibility index (Phi) is 5.88. The van der Waals surface area contributed by atoms with Gasteiger partial charge in [-0.1, -0.05) is 11.3 Å². The van der Waals surface area contributed by atoms with Crippen LogP contribution in [0.1, 0.15) is 28.2 Å². The van der Waals surface area contributed by atoms with E-state index in [9.17, 15) is 4.79 Å². The maximum atomic E-state index is 12.4. The molecule has 0 spiro atoms. The summed E-state index contributed by atoms with van der Waals surface area (Å²) in [4.78, 5) is 26.4. The number of hydrogen-bond acceptors (Lipinski definition) is 7. The number of aryl methyl sites for hydroxylation is 1. The second kappa shape index (κ2) is 8.43. The number of ether oxygens (including phenoxy) is 1. The molecule has 0 saturated carbocycles. The first-order chi connectivity index (χ1) is 14.3. The summed E-state index contributed by atoms with van der Waals surface area (Å²) in [5.41, 5.74) is 2.98. The van der Waals surface area contributed by atoms with E-state index in [1.165, 1.54) is 29.9 Å². The molecule has 1 saturated heterocycles. The number of fused-ring (bicyclic) bond motifs is 1. The molecule has 30 heavy (non-hydrogen) atoms. The Morgan fingerprint density at radius 1 is 1.20 bits per heavy atom. The molecule has 162 valence electrons. The van der Waals surface area contributed by atoms with Crippen LogP contribution in [0.25, 0.3) is 0 Å². The molecular formula is C22H31N5O2S. The predicted molar refractivity (Wildman–Crippen MR) is 123 cm³/mol. The first-order valence-corrected chi connectivity index (χ1v) is 11.3. The van der Waals surface area contributed by atoms with Crippen molar-refractivity contribution in [1.82, 2.24) is 14.8 Å². The summed E-state index contributed by atoms with van der Waals surface area (Å²) in [6.07, 6.45) is 2.36. The molecule has 8 heteroatoms. The molecule has 1 fully saturated rings. The maximum Gasteiger partial charge on any atom is 0.265 e.